The molecular weight excluding hydrogens is 465 g/mol. The zero-order valence-electron chi connectivity index (χ0n) is 16.7. The van der Waals surface area contributed by atoms with E-state index in [-0.39, 0.29) is 5.02 Å². The van der Waals surface area contributed by atoms with Crippen LogP contribution in [0.3, 0.4) is 0 Å². The van der Waals surface area contributed by atoms with E-state index in [0.717, 1.165) is 24.0 Å². The Balaban J connectivity index is 1.92. The molecule has 0 aliphatic carbocycles. The van der Waals surface area contributed by atoms with Gasteiger partial charge in [-0.25, -0.2) is 8.42 Å². The lowest BCUT2D eigenvalue weighted by molar-refractivity contribution is -0.137. The van der Waals surface area contributed by atoms with Gasteiger partial charge in [-0.05, 0) is 29.8 Å². The van der Waals surface area contributed by atoms with Crippen LogP contribution in [0.15, 0.2) is 72.8 Å². The number of alkyl halides is 3. The monoisotopic (exact) mass is 482 g/mol. The Morgan fingerprint density at radius 2 is 1.62 bits per heavy atom. The highest BCUT2D eigenvalue weighted by molar-refractivity contribution is 7.92. The molecule has 0 aliphatic heterocycles. The minimum absolute atomic E-state index is 0.235. The molecule has 0 aromatic heterocycles. The van der Waals surface area contributed by atoms with Crippen LogP contribution in [-0.4, -0.2) is 27.1 Å². The van der Waals surface area contributed by atoms with Gasteiger partial charge in [-0.1, -0.05) is 60.1 Å². The van der Waals surface area contributed by atoms with Crippen molar-refractivity contribution in [3.63, 3.8) is 0 Å². The van der Waals surface area contributed by atoms with Crippen LogP contribution >= 0.6 is 11.6 Å². The molecule has 5 nitrogen and oxygen atoms in total. The summed E-state index contributed by atoms with van der Waals surface area (Å²) in [7, 11) is -4.13. The average Bonchev–Trinajstić information content (AvgIpc) is 2.72. The third kappa shape index (κ3) is 5.60. The largest absolute Gasteiger partial charge is 0.416 e. The van der Waals surface area contributed by atoms with E-state index >= 15 is 0 Å². The summed E-state index contributed by atoms with van der Waals surface area (Å²) in [5.74, 6) is -0.743. The second kappa shape index (κ2) is 9.22. The van der Waals surface area contributed by atoms with Crippen LogP contribution in [0, 0.1) is 0 Å². The molecule has 0 saturated carbocycles. The van der Waals surface area contributed by atoms with Gasteiger partial charge in [0.05, 0.1) is 22.5 Å². The molecule has 0 unspecified atom stereocenters. The number of hydrogen-bond donors (Lipinski definition) is 1. The summed E-state index contributed by atoms with van der Waals surface area (Å²) in [6.07, 6.45) is -3.92. The number of nitrogens with zero attached hydrogens (tertiary/aromatic N) is 1. The van der Waals surface area contributed by atoms with E-state index < -0.39 is 39.9 Å². The fourth-order valence-corrected chi connectivity index (χ4v) is 4.17. The predicted octanol–water partition coefficient (Wildman–Crippen LogP) is 5.43. The summed E-state index contributed by atoms with van der Waals surface area (Å²) in [5, 5.41) is 2.40. The van der Waals surface area contributed by atoms with E-state index in [1.165, 1.54) is 0 Å². The van der Waals surface area contributed by atoms with E-state index in [1.54, 1.807) is 24.3 Å². The summed E-state index contributed by atoms with van der Waals surface area (Å²) in [4.78, 5) is 12.7. The maximum atomic E-state index is 13.1. The molecule has 3 aromatic rings. The number of benzene rings is 3. The molecule has 0 bridgehead atoms. The lowest BCUT2D eigenvalue weighted by atomic mass is 10.0. The second-order valence-corrected chi connectivity index (χ2v) is 9.21. The van der Waals surface area contributed by atoms with E-state index in [0.29, 0.717) is 21.6 Å². The predicted molar refractivity (Wildman–Crippen MR) is 119 cm³/mol. The lowest BCUT2D eigenvalue weighted by Gasteiger charge is -2.24. The molecule has 0 spiro atoms. The highest BCUT2D eigenvalue weighted by Gasteiger charge is 2.33. The van der Waals surface area contributed by atoms with Gasteiger partial charge >= 0.3 is 6.18 Å². The summed E-state index contributed by atoms with van der Waals surface area (Å²) in [6, 6.07) is 18.4. The van der Waals surface area contributed by atoms with Crippen molar-refractivity contribution < 1.29 is 26.4 Å². The van der Waals surface area contributed by atoms with E-state index in [2.05, 4.69) is 5.32 Å². The maximum absolute atomic E-state index is 13.1. The lowest BCUT2D eigenvalue weighted by Crippen LogP contribution is -2.37. The first-order chi connectivity index (χ1) is 15.0. The zero-order chi connectivity index (χ0) is 23.5. The van der Waals surface area contributed by atoms with Gasteiger partial charge in [-0.15, -0.1) is 0 Å². The number of amides is 1. The first kappa shape index (κ1) is 23.6. The Bertz CT molecular complexity index is 1230. The standard InChI is InChI=1S/C22H18ClF3N2O3S/c1-32(30,31)28(20-13-16(22(24,25)26)11-12-18(20)23)14-21(29)27-19-10-6-5-9-17(19)15-7-3-2-4-8-15/h2-13H,14H2,1H3,(H,27,29). The minimum Gasteiger partial charge on any atom is -0.324 e. The SMILES string of the molecule is CS(=O)(=O)N(CC(=O)Nc1ccccc1-c1ccccc1)c1cc(C(F)(F)F)ccc1Cl. The van der Waals surface area contributed by atoms with Crippen molar-refractivity contribution in [1.29, 1.82) is 0 Å². The van der Waals surface area contributed by atoms with Crippen LogP contribution < -0.4 is 9.62 Å². The molecular formula is C22H18ClF3N2O3S. The number of anilines is 2. The highest BCUT2D eigenvalue weighted by Crippen LogP contribution is 2.36. The minimum atomic E-state index is -4.71. The highest BCUT2D eigenvalue weighted by atomic mass is 35.5. The summed E-state index contributed by atoms with van der Waals surface area (Å²) in [6.45, 7) is -0.761. The Morgan fingerprint density at radius 3 is 2.25 bits per heavy atom. The van der Waals surface area contributed by atoms with Gasteiger partial charge in [0.15, 0.2) is 0 Å². The van der Waals surface area contributed by atoms with Crippen LogP contribution in [0.4, 0.5) is 24.5 Å². The normalized spacial score (nSPS) is 11.8. The van der Waals surface area contributed by atoms with Crippen molar-refractivity contribution in [3.05, 3.63) is 83.4 Å². The number of rotatable bonds is 6. The smallest absolute Gasteiger partial charge is 0.324 e. The van der Waals surface area contributed by atoms with Gasteiger partial charge in [0.1, 0.15) is 6.54 Å². The van der Waals surface area contributed by atoms with E-state index in [1.807, 2.05) is 30.3 Å². The summed E-state index contributed by atoms with van der Waals surface area (Å²) in [5.41, 5.74) is 0.428. The summed E-state index contributed by atoms with van der Waals surface area (Å²) < 4.78 is 64.6. The van der Waals surface area contributed by atoms with Crippen molar-refractivity contribution >= 4 is 38.9 Å². The molecule has 1 amide bonds. The zero-order valence-corrected chi connectivity index (χ0v) is 18.3. The molecule has 0 heterocycles. The molecule has 0 radical (unpaired) electrons. The topological polar surface area (TPSA) is 66.5 Å². The van der Waals surface area contributed by atoms with Crippen LogP contribution in [0.5, 0.6) is 0 Å². The first-order valence-electron chi connectivity index (χ1n) is 9.25. The molecule has 0 saturated heterocycles. The van der Waals surface area contributed by atoms with Crippen LogP contribution in [-0.2, 0) is 21.0 Å². The Kier molecular flexibility index (Phi) is 6.80. The first-order valence-corrected chi connectivity index (χ1v) is 11.5. The van der Waals surface area contributed by atoms with E-state index in [4.69, 9.17) is 11.6 Å². The van der Waals surface area contributed by atoms with E-state index in [9.17, 15) is 26.4 Å². The number of hydrogen-bond acceptors (Lipinski definition) is 3. The number of halogens is 4. The van der Waals surface area contributed by atoms with Crippen LogP contribution in [0.25, 0.3) is 11.1 Å². The van der Waals surface area contributed by atoms with Gasteiger partial charge in [0.25, 0.3) is 0 Å². The van der Waals surface area contributed by atoms with Crippen LogP contribution in [0.1, 0.15) is 5.56 Å². The average molecular weight is 483 g/mol. The van der Waals surface area contributed by atoms with Gasteiger partial charge in [-0.2, -0.15) is 13.2 Å². The molecule has 0 atom stereocenters. The van der Waals surface area contributed by atoms with Gasteiger partial charge < -0.3 is 5.32 Å². The van der Waals surface area contributed by atoms with Gasteiger partial charge in [-0.3, -0.25) is 9.10 Å². The number of sulfonamides is 1. The number of carbonyl (C=O) groups is 1. The molecule has 0 aliphatic rings. The van der Waals surface area contributed by atoms with Crippen molar-refractivity contribution in [2.24, 2.45) is 0 Å². The molecule has 1 N–H and O–H groups in total. The number of carbonyl (C=O) groups excluding carboxylic acids is 1. The van der Waals surface area contributed by atoms with Gasteiger partial charge in [0, 0.05) is 11.3 Å². The van der Waals surface area contributed by atoms with Crippen molar-refractivity contribution in [2.75, 3.05) is 22.4 Å². The molecule has 0 fully saturated rings. The number of nitrogens with one attached hydrogen (secondary N) is 1. The number of para-hydroxylation sites is 1. The third-order valence-electron chi connectivity index (χ3n) is 4.52. The van der Waals surface area contributed by atoms with Gasteiger partial charge in [0.2, 0.25) is 15.9 Å². The Hall–Kier alpha value is -3.04. The fraction of sp³-hybridized carbons (Fsp3) is 0.136. The van der Waals surface area contributed by atoms with Crippen molar-refractivity contribution in [2.45, 2.75) is 6.18 Å². The van der Waals surface area contributed by atoms with Crippen molar-refractivity contribution in [3.8, 4) is 11.1 Å². The molecule has 3 aromatic carbocycles. The molecule has 32 heavy (non-hydrogen) atoms. The quantitative estimate of drug-likeness (QED) is 0.509. The third-order valence-corrected chi connectivity index (χ3v) is 5.96. The molecule has 3 rings (SSSR count). The van der Waals surface area contributed by atoms with Crippen molar-refractivity contribution in [1.82, 2.24) is 0 Å². The molecule has 10 heteroatoms. The molecule has 168 valence electrons. The second-order valence-electron chi connectivity index (χ2n) is 6.89. The summed E-state index contributed by atoms with van der Waals surface area (Å²) >= 11 is 5.99. The fourth-order valence-electron chi connectivity index (χ4n) is 3.04. The Labute approximate surface area is 188 Å². The Morgan fingerprint density at radius 1 is 1.00 bits per heavy atom. The maximum Gasteiger partial charge on any atom is 0.416 e. The van der Waals surface area contributed by atoms with Crippen LogP contribution in [0.2, 0.25) is 5.02 Å².